The average molecular weight is 425 g/mol. The van der Waals surface area contributed by atoms with Gasteiger partial charge in [0.1, 0.15) is 0 Å². The standard InChI is InChI=1S/C17H14N.Ir/c1-12-9-13(2)11-15(10-12)16-7-3-5-14-6-4-8-18-17(14)16;/h3-10H,1-2H3;/q-1;. The maximum atomic E-state index is 4.50. The smallest absolute Gasteiger partial charge is 0.0366 e. The number of pyridine rings is 1. The first-order valence-corrected chi connectivity index (χ1v) is 6.09. The Morgan fingerprint density at radius 1 is 1.00 bits per heavy atom. The fourth-order valence-electron chi connectivity index (χ4n) is 2.36. The van der Waals surface area contributed by atoms with Crippen LogP contribution < -0.4 is 0 Å². The van der Waals surface area contributed by atoms with E-state index in [-0.39, 0.29) is 20.1 Å². The predicted octanol–water partition coefficient (Wildman–Crippen LogP) is 4.32. The molecule has 0 bridgehead atoms. The summed E-state index contributed by atoms with van der Waals surface area (Å²) < 4.78 is 0. The Morgan fingerprint density at radius 3 is 2.58 bits per heavy atom. The molecule has 3 aromatic rings. The van der Waals surface area contributed by atoms with Crippen LogP contribution in [0.1, 0.15) is 11.1 Å². The Hall–Kier alpha value is -1.50. The van der Waals surface area contributed by atoms with Gasteiger partial charge in [0.05, 0.1) is 0 Å². The van der Waals surface area contributed by atoms with Crippen molar-refractivity contribution in [1.29, 1.82) is 0 Å². The quantitative estimate of drug-likeness (QED) is 0.531. The van der Waals surface area contributed by atoms with Gasteiger partial charge in [-0.25, -0.2) is 0 Å². The number of benzene rings is 2. The third-order valence-electron chi connectivity index (χ3n) is 3.07. The van der Waals surface area contributed by atoms with Gasteiger partial charge >= 0.3 is 0 Å². The monoisotopic (exact) mass is 425 g/mol. The molecule has 0 fully saturated rings. The molecule has 0 amide bonds. The number of rotatable bonds is 1. The van der Waals surface area contributed by atoms with Crippen LogP contribution in [-0.2, 0) is 20.1 Å². The molecule has 0 aliphatic carbocycles. The summed E-state index contributed by atoms with van der Waals surface area (Å²) in [6.07, 6.45) is 1.84. The summed E-state index contributed by atoms with van der Waals surface area (Å²) in [5.74, 6) is 0. The molecule has 1 nitrogen and oxygen atoms in total. The zero-order valence-electron chi connectivity index (χ0n) is 10.9. The van der Waals surface area contributed by atoms with Gasteiger partial charge in [-0.15, -0.1) is 34.9 Å². The van der Waals surface area contributed by atoms with Gasteiger partial charge in [-0.2, -0.15) is 0 Å². The Bertz CT molecular complexity index is 694. The molecule has 2 heteroatoms. The van der Waals surface area contributed by atoms with Gasteiger partial charge in [0, 0.05) is 31.8 Å². The second-order valence-corrected chi connectivity index (χ2v) is 4.64. The fourth-order valence-corrected chi connectivity index (χ4v) is 2.36. The predicted molar refractivity (Wildman–Crippen MR) is 75.5 cm³/mol. The molecule has 0 saturated heterocycles. The molecule has 3 rings (SSSR count). The Labute approximate surface area is 127 Å². The first-order valence-electron chi connectivity index (χ1n) is 6.09. The van der Waals surface area contributed by atoms with Crippen molar-refractivity contribution in [2.24, 2.45) is 0 Å². The van der Waals surface area contributed by atoms with E-state index in [9.17, 15) is 0 Å². The normalized spacial score (nSPS) is 10.2. The third-order valence-corrected chi connectivity index (χ3v) is 3.07. The summed E-state index contributed by atoms with van der Waals surface area (Å²) in [6.45, 7) is 4.19. The third kappa shape index (κ3) is 2.75. The fraction of sp³-hybridized carbons (Fsp3) is 0.118. The van der Waals surface area contributed by atoms with E-state index in [4.69, 9.17) is 0 Å². The SMILES string of the molecule is Cc1[c-]c(-c2cccc3cccnc23)cc(C)c1.[Ir]. The number of hydrogen-bond donors (Lipinski definition) is 0. The molecule has 1 heterocycles. The number of hydrogen-bond acceptors (Lipinski definition) is 1. The van der Waals surface area contributed by atoms with E-state index in [1.807, 2.05) is 12.3 Å². The van der Waals surface area contributed by atoms with Crippen molar-refractivity contribution in [2.45, 2.75) is 13.8 Å². The molecule has 0 atom stereocenters. The molecule has 1 radical (unpaired) electrons. The largest absolute Gasteiger partial charge is 0.266 e. The van der Waals surface area contributed by atoms with Crippen molar-refractivity contribution >= 4 is 10.9 Å². The van der Waals surface area contributed by atoms with Crippen LogP contribution >= 0.6 is 0 Å². The molecule has 1 aromatic heterocycles. The van der Waals surface area contributed by atoms with E-state index >= 15 is 0 Å². The zero-order valence-corrected chi connectivity index (χ0v) is 13.3. The molecular weight excluding hydrogens is 410 g/mol. The molecule has 0 aliphatic rings. The van der Waals surface area contributed by atoms with E-state index in [1.165, 1.54) is 10.9 Å². The van der Waals surface area contributed by atoms with Crippen molar-refractivity contribution in [3.8, 4) is 11.1 Å². The van der Waals surface area contributed by atoms with Gasteiger partial charge < -0.3 is 0 Å². The van der Waals surface area contributed by atoms with Crippen LogP contribution in [0.5, 0.6) is 0 Å². The molecule has 0 spiro atoms. The molecular formula is C17H14IrN-. The van der Waals surface area contributed by atoms with Crippen LogP contribution in [0.4, 0.5) is 0 Å². The van der Waals surface area contributed by atoms with Gasteiger partial charge in [0.25, 0.3) is 0 Å². The maximum absolute atomic E-state index is 4.50. The number of fused-ring (bicyclic) bond motifs is 1. The summed E-state index contributed by atoms with van der Waals surface area (Å²) in [5.41, 5.74) is 5.74. The van der Waals surface area contributed by atoms with Crippen molar-refractivity contribution in [1.82, 2.24) is 4.98 Å². The summed E-state index contributed by atoms with van der Waals surface area (Å²) >= 11 is 0. The summed E-state index contributed by atoms with van der Waals surface area (Å²) in [6, 6.07) is 18.1. The topological polar surface area (TPSA) is 12.9 Å². The first-order chi connectivity index (χ1) is 8.74. The van der Waals surface area contributed by atoms with Gasteiger partial charge in [0.2, 0.25) is 0 Å². The summed E-state index contributed by atoms with van der Waals surface area (Å²) in [4.78, 5) is 4.50. The average Bonchev–Trinajstić information content (AvgIpc) is 2.37. The van der Waals surface area contributed by atoms with Crippen molar-refractivity contribution in [3.63, 3.8) is 0 Å². The van der Waals surface area contributed by atoms with Crippen molar-refractivity contribution in [3.05, 3.63) is 65.9 Å². The molecule has 0 N–H and O–H groups in total. The Balaban J connectivity index is 0.00000133. The van der Waals surface area contributed by atoms with Crippen molar-refractivity contribution in [2.75, 3.05) is 0 Å². The van der Waals surface area contributed by atoms with Gasteiger partial charge in [0.15, 0.2) is 0 Å². The minimum Gasteiger partial charge on any atom is -0.266 e. The number of aromatic nitrogens is 1. The number of nitrogens with zero attached hydrogens (tertiary/aromatic N) is 1. The van der Waals surface area contributed by atoms with Gasteiger partial charge in [-0.1, -0.05) is 43.7 Å². The first kappa shape index (κ1) is 13.9. The molecule has 0 aliphatic heterocycles. The number of para-hydroxylation sites is 1. The molecule has 0 unspecified atom stereocenters. The van der Waals surface area contributed by atoms with Crippen LogP contribution in [0.3, 0.4) is 0 Å². The van der Waals surface area contributed by atoms with Crippen LogP contribution in [0, 0.1) is 19.9 Å². The van der Waals surface area contributed by atoms with Crippen LogP contribution in [-0.4, -0.2) is 4.98 Å². The van der Waals surface area contributed by atoms with E-state index in [0.29, 0.717) is 0 Å². The molecule has 19 heavy (non-hydrogen) atoms. The van der Waals surface area contributed by atoms with Crippen LogP contribution in [0.15, 0.2) is 48.7 Å². The van der Waals surface area contributed by atoms with E-state index in [0.717, 1.165) is 22.2 Å². The van der Waals surface area contributed by atoms with E-state index in [1.54, 1.807) is 0 Å². The van der Waals surface area contributed by atoms with Gasteiger partial charge in [-0.05, 0) is 11.5 Å². The van der Waals surface area contributed by atoms with E-state index < -0.39 is 0 Å². The van der Waals surface area contributed by atoms with Crippen LogP contribution in [0.2, 0.25) is 0 Å². The van der Waals surface area contributed by atoms with Crippen LogP contribution in [0.25, 0.3) is 22.0 Å². The van der Waals surface area contributed by atoms with Crippen molar-refractivity contribution < 1.29 is 20.1 Å². The molecule has 0 saturated carbocycles. The minimum absolute atomic E-state index is 0. The summed E-state index contributed by atoms with van der Waals surface area (Å²) in [7, 11) is 0. The Kier molecular flexibility index (Phi) is 4.14. The maximum Gasteiger partial charge on any atom is 0.0366 e. The second kappa shape index (κ2) is 5.64. The van der Waals surface area contributed by atoms with E-state index in [2.05, 4.69) is 61.3 Å². The number of aryl methyl sites for hydroxylation is 2. The second-order valence-electron chi connectivity index (χ2n) is 4.64. The minimum atomic E-state index is 0. The Morgan fingerprint density at radius 2 is 1.79 bits per heavy atom. The van der Waals surface area contributed by atoms with Gasteiger partial charge in [-0.3, -0.25) is 4.98 Å². The zero-order chi connectivity index (χ0) is 12.5. The summed E-state index contributed by atoms with van der Waals surface area (Å²) in [5, 5.41) is 1.17. The molecule has 2 aromatic carbocycles. The molecule has 97 valence electrons.